The van der Waals surface area contributed by atoms with Crippen LogP contribution in [0.15, 0.2) is 24.3 Å². The van der Waals surface area contributed by atoms with Gasteiger partial charge in [0.25, 0.3) is 0 Å². The molecule has 0 bridgehead atoms. The van der Waals surface area contributed by atoms with Crippen LogP contribution in [0.2, 0.25) is 0 Å². The van der Waals surface area contributed by atoms with Crippen molar-refractivity contribution in [2.45, 2.75) is 38.1 Å². The summed E-state index contributed by atoms with van der Waals surface area (Å²) in [7, 11) is 0. The maximum atomic E-state index is 3.52. The molecule has 0 saturated heterocycles. The van der Waals surface area contributed by atoms with Gasteiger partial charge in [-0.05, 0) is 44.0 Å². The lowest BCUT2D eigenvalue weighted by Gasteiger charge is -2.21. The minimum Gasteiger partial charge on any atom is -0.384 e. The van der Waals surface area contributed by atoms with Crippen LogP contribution in [0.4, 0.5) is 5.69 Å². The smallest absolute Gasteiger partial charge is 0.0376 e. The van der Waals surface area contributed by atoms with E-state index < -0.39 is 0 Å². The van der Waals surface area contributed by atoms with Crippen molar-refractivity contribution < 1.29 is 0 Å². The Morgan fingerprint density at radius 1 is 1.29 bits per heavy atom. The number of anilines is 1. The SMILES string of the molecule is CCN(CCC1CNc2ccccc21)C1CC1. The minimum atomic E-state index is 0.721. The lowest BCUT2D eigenvalue weighted by molar-refractivity contribution is 0.268. The molecule has 1 aromatic carbocycles. The molecule has 1 N–H and O–H groups in total. The molecule has 3 rings (SSSR count). The highest BCUT2D eigenvalue weighted by Crippen LogP contribution is 2.34. The topological polar surface area (TPSA) is 15.3 Å². The summed E-state index contributed by atoms with van der Waals surface area (Å²) < 4.78 is 0. The van der Waals surface area contributed by atoms with Gasteiger partial charge in [0.1, 0.15) is 0 Å². The summed E-state index contributed by atoms with van der Waals surface area (Å²) >= 11 is 0. The lowest BCUT2D eigenvalue weighted by Crippen LogP contribution is -2.28. The van der Waals surface area contributed by atoms with Crippen molar-refractivity contribution in [3.05, 3.63) is 29.8 Å². The molecule has 1 unspecified atom stereocenters. The quantitative estimate of drug-likeness (QED) is 0.836. The number of fused-ring (bicyclic) bond motifs is 1. The van der Waals surface area contributed by atoms with Crippen molar-refractivity contribution in [3.8, 4) is 0 Å². The highest BCUT2D eigenvalue weighted by atomic mass is 15.2. The third-order valence-electron chi connectivity index (χ3n) is 4.17. The highest BCUT2D eigenvalue weighted by Gasteiger charge is 2.29. The second-order valence-electron chi connectivity index (χ2n) is 5.31. The first-order valence-corrected chi connectivity index (χ1v) is 6.95. The molecule has 0 spiro atoms. The molecule has 1 aliphatic carbocycles. The normalized spacial score (nSPS) is 22.6. The van der Waals surface area contributed by atoms with E-state index in [1.165, 1.54) is 43.6 Å². The Morgan fingerprint density at radius 2 is 2.12 bits per heavy atom. The summed E-state index contributed by atoms with van der Waals surface area (Å²) in [5.41, 5.74) is 2.88. The maximum absolute atomic E-state index is 3.52. The van der Waals surface area contributed by atoms with Crippen LogP contribution >= 0.6 is 0 Å². The van der Waals surface area contributed by atoms with Crippen molar-refractivity contribution in [1.29, 1.82) is 0 Å². The molecular formula is C15H22N2. The standard InChI is InChI=1S/C15H22N2/c1-2-17(13-7-8-13)10-9-12-11-16-15-6-4-3-5-14(12)15/h3-6,12-13,16H,2,7-11H2,1H3. The summed E-state index contributed by atoms with van der Waals surface area (Å²) in [5, 5.41) is 3.52. The molecule has 1 fully saturated rings. The molecule has 2 heteroatoms. The van der Waals surface area contributed by atoms with E-state index in [1.54, 1.807) is 0 Å². The summed E-state index contributed by atoms with van der Waals surface area (Å²) in [5.74, 6) is 0.721. The number of hydrogen-bond donors (Lipinski definition) is 1. The molecule has 2 nitrogen and oxygen atoms in total. The van der Waals surface area contributed by atoms with E-state index >= 15 is 0 Å². The van der Waals surface area contributed by atoms with E-state index in [0.717, 1.165) is 18.5 Å². The first-order chi connectivity index (χ1) is 8.38. The third kappa shape index (κ3) is 2.32. The predicted octanol–water partition coefficient (Wildman–Crippen LogP) is 3.07. The van der Waals surface area contributed by atoms with Crippen molar-refractivity contribution >= 4 is 5.69 Å². The van der Waals surface area contributed by atoms with Gasteiger partial charge in [-0.25, -0.2) is 0 Å². The Labute approximate surface area is 104 Å². The van der Waals surface area contributed by atoms with Crippen LogP contribution in [0.1, 0.15) is 37.7 Å². The molecule has 0 amide bonds. The molecule has 0 aromatic heterocycles. The van der Waals surface area contributed by atoms with Gasteiger partial charge in [-0.3, -0.25) is 0 Å². The van der Waals surface area contributed by atoms with E-state index in [0.29, 0.717) is 0 Å². The van der Waals surface area contributed by atoms with E-state index in [-0.39, 0.29) is 0 Å². The Bertz CT molecular complexity index is 384. The van der Waals surface area contributed by atoms with Gasteiger partial charge in [0.05, 0.1) is 0 Å². The van der Waals surface area contributed by atoms with Gasteiger partial charge in [-0.2, -0.15) is 0 Å². The van der Waals surface area contributed by atoms with Gasteiger partial charge < -0.3 is 10.2 Å². The zero-order valence-electron chi connectivity index (χ0n) is 10.7. The molecule has 1 aliphatic heterocycles. The molecule has 17 heavy (non-hydrogen) atoms. The third-order valence-corrected chi connectivity index (χ3v) is 4.17. The second-order valence-corrected chi connectivity index (χ2v) is 5.31. The number of benzene rings is 1. The zero-order valence-corrected chi connectivity index (χ0v) is 10.7. The van der Waals surface area contributed by atoms with E-state index in [1.807, 2.05) is 0 Å². The molecular weight excluding hydrogens is 208 g/mol. The fourth-order valence-electron chi connectivity index (χ4n) is 2.97. The lowest BCUT2D eigenvalue weighted by atomic mass is 9.98. The van der Waals surface area contributed by atoms with E-state index in [2.05, 4.69) is 41.4 Å². The first-order valence-electron chi connectivity index (χ1n) is 6.95. The fourth-order valence-corrected chi connectivity index (χ4v) is 2.97. The van der Waals surface area contributed by atoms with E-state index in [9.17, 15) is 0 Å². The van der Waals surface area contributed by atoms with Crippen molar-refractivity contribution in [2.75, 3.05) is 25.0 Å². The van der Waals surface area contributed by atoms with Crippen LogP contribution < -0.4 is 5.32 Å². The van der Waals surface area contributed by atoms with Crippen LogP contribution in [-0.4, -0.2) is 30.6 Å². The number of rotatable bonds is 5. The molecule has 1 heterocycles. The van der Waals surface area contributed by atoms with Crippen LogP contribution in [0.25, 0.3) is 0 Å². The predicted molar refractivity (Wildman–Crippen MR) is 72.6 cm³/mol. The Morgan fingerprint density at radius 3 is 2.88 bits per heavy atom. The summed E-state index contributed by atoms with van der Waals surface area (Å²) in [6.45, 7) is 5.90. The molecule has 2 aliphatic rings. The number of nitrogens with one attached hydrogen (secondary N) is 1. The molecule has 1 aromatic rings. The van der Waals surface area contributed by atoms with Crippen LogP contribution in [0.5, 0.6) is 0 Å². The average Bonchev–Trinajstić information content (AvgIpc) is 3.12. The van der Waals surface area contributed by atoms with Gasteiger partial charge in [-0.1, -0.05) is 25.1 Å². The van der Waals surface area contributed by atoms with Crippen LogP contribution in [0, 0.1) is 0 Å². The van der Waals surface area contributed by atoms with Gasteiger partial charge in [0, 0.05) is 24.2 Å². The molecule has 1 saturated carbocycles. The monoisotopic (exact) mass is 230 g/mol. The van der Waals surface area contributed by atoms with Gasteiger partial charge >= 0.3 is 0 Å². The largest absolute Gasteiger partial charge is 0.384 e. The van der Waals surface area contributed by atoms with E-state index in [4.69, 9.17) is 0 Å². The van der Waals surface area contributed by atoms with Gasteiger partial charge in [-0.15, -0.1) is 0 Å². The number of para-hydroxylation sites is 1. The zero-order chi connectivity index (χ0) is 11.7. The minimum absolute atomic E-state index is 0.721. The number of nitrogens with zero attached hydrogens (tertiary/aromatic N) is 1. The number of hydrogen-bond acceptors (Lipinski definition) is 2. The average molecular weight is 230 g/mol. The summed E-state index contributed by atoms with van der Waals surface area (Å²) in [6, 6.07) is 9.68. The van der Waals surface area contributed by atoms with Crippen molar-refractivity contribution in [2.24, 2.45) is 0 Å². The van der Waals surface area contributed by atoms with Crippen LogP contribution in [0.3, 0.4) is 0 Å². The van der Waals surface area contributed by atoms with Crippen LogP contribution in [-0.2, 0) is 0 Å². The van der Waals surface area contributed by atoms with Crippen molar-refractivity contribution in [1.82, 2.24) is 4.90 Å². The maximum Gasteiger partial charge on any atom is 0.0376 e. The first kappa shape index (κ1) is 11.1. The second kappa shape index (κ2) is 4.69. The molecule has 0 radical (unpaired) electrons. The van der Waals surface area contributed by atoms with Gasteiger partial charge in [0.2, 0.25) is 0 Å². The highest BCUT2D eigenvalue weighted by molar-refractivity contribution is 5.57. The summed E-state index contributed by atoms with van der Waals surface area (Å²) in [4.78, 5) is 2.65. The Hall–Kier alpha value is -1.02. The fraction of sp³-hybridized carbons (Fsp3) is 0.600. The van der Waals surface area contributed by atoms with Crippen molar-refractivity contribution in [3.63, 3.8) is 0 Å². The Balaban J connectivity index is 1.59. The molecule has 92 valence electrons. The summed E-state index contributed by atoms with van der Waals surface area (Å²) in [6.07, 6.45) is 4.15. The molecule has 1 atom stereocenters. The van der Waals surface area contributed by atoms with Gasteiger partial charge in [0.15, 0.2) is 0 Å². The Kier molecular flexibility index (Phi) is 3.06.